The summed E-state index contributed by atoms with van der Waals surface area (Å²) in [6.07, 6.45) is -0.540. The van der Waals surface area contributed by atoms with Gasteiger partial charge in [-0.1, -0.05) is 6.07 Å². The van der Waals surface area contributed by atoms with E-state index < -0.39 is 6.10 Å². The van der Waals surface area contributed by atoms with Gasteiger partial charge in [-0.25, -0.2) is 0 Å². The molecule has 3 N–H and O–H groups in total. The molecule has 0 radical (unpaired) electrons. The summed E-state index contributed by atoms with van der Waals surface area (Å²) in [5.74, 6) is 0.809. The molecule has 3 nitrogen and oxygen atoms in total. The smallest absolute Gasteiger partial charge is 0.119 e. The Hall–Kier alpha value is -1.06. The van der Waals surface area contributed by atoms with Gasteiger partial charge >= 0.3 is 0 Å². The first kappa shape index (κ1) is 11.0. The number of aliphatic hydroxyl groups excluding tert-OH is 1. The number of nitrogens with two attached hydrogens (primary N) is 1. The van der Waals surface area contributed by atoms with Crippen LogP contribution in [0.1, 0.15) is 24.1 Å². The molecule has 1 aromatic carbocycles. The minimum atomic E-state index is -0.540. The molecule has 0 spiro atoms. The molecule has 14 heavy (non-hydrogen) atoms. The summed E-state index contributed by atoms with van der Waals surface area (Å²) in [5, 5.41) is 9.37. The van der Waals surface area contributed by atoms with Crippen molar-refractivity contribution in [2.75, 3.05) is 7.11 Å². The van der Waals surface area contributed by atoms with Crippen molar-refractivity contribution in [3.05, 3.63) is 29.3 Å². The van der Waals surface area contributed by atoms with Gasteiger partial charge in [-0.2, -0.15) is 0 Å². The molecular weight excluding hydrogens is 178 g/mol. The molecule has 0 aromatic heterocycles. The zero-order valence-electron chi connectivity index (χ0n) is 8.82. The molecule has 0 saturated heterocycles. The van der Waals surface area contributed by atoms with Crippen LogP contribution in [0.2, 0.25) is 0 Å². The van der Waals surface area contributed by atoms with E-state index in [2.05, 4.69) is 0 Å². The highest BCUT2D eigenvalue weighted by Gasteiger charge is 2.14. The second kappa shape index (κ2) is 4.44. The first-order valence-electron chi connectivity index (χ1n) is 4.64. The van der Waals surface area contributed by atoms with Crippen LogP contribution in [0.4, 0.5) is 0 Å². The normalized spacial score (nSPS) is 14.9. The summed E-state index contributed by atoms with van der Waals surface area (Å²) in [6.45, 7) is 3.65. The lowest BCUT2D eigenvalue weighted by molar-refractivity contribution is 0.164. The van der Waals surface area contributed by atoms with Gasteiger partial charge in [-0.15, -0.1) is 0 Å². The molecule has 0 unspecified atom stereocenters. The summed E-state index contributed by atoms with van der Waals surface area (Å²) < 4.78 is 5.09. The van der Waals surface area contributed by atoms with E-state index in [-0.39, 0.29) is 6.04 Å². The maximum atomic E-state index is 9.37. The van der Waals surface area contributed by atoms with Crippen molar-refractivity contribution < 1.29 is 9.84 Å². The second-order valence-corrected chi connectivity index (χ2v) is 3.49. The Balaban J connectivity index is 2.99. The monoisotopic (exact) mass is 195 g/mol. The van der Waals surface area contributed by atoms with Crippen LogP contribution in [0, 0.1) is 6.92 Å². The van der Waals surface area contributed by atoms with Gasteiger partial charge in [0.1, 0.15) is 5.75 Å². The zero-order valence-corrected chi connectivity index (χ0v) is 8.82. The van der Waals surface area contributed by atoms with Crippen LogP contribution in [0.25, 0.3) is 0 Å². The fourth-order valence-corrected chi connectivity index (χ4v) is 1.41. The van der Waals surface area contributed by atoms with Gasteiger partial charge in [-0.05, 0) is 37.1 Å². The van der Waals surface area contributed by atoms with Crippen LogP contribution in [0.15, 0.2) is 18.2 Å². The van der Waals surface area contributed by atoms with E-state index in [1.807, 2.05) is 25.1 Å². The third-order valence-electron chi connectivity index (χ3n) is 2.36. The molecule has 1 rings (SSSR count). The van der Waals surface area contributed by atoms with Gasteiger partial charge in [0, 0.05) is 0 Å². The Morgan fingerprint density at radius 3 is 2.50 bits per heavy atom. The van der Waals surface area contributed by atoms with E-state index in [9.17, 15) is 5.11 Å². The maximum Gasteiger partial charge on any atom is 0.119 e. The Morgan fingerprint density at radius 1 is 1.43 bits per heavy atom. The van der Waals surface area contributed by atoms with E-state index in [0.29, 0.717) is 0 Å². The number of aryl methyl sites for hydroxylation is 1. The number of ether oxygens (including phenoxy) is 1. The molecule has 0 aliphatic heterocycles. The number of rotatable bonds is 3. The number of hydrogen-bond acceptors (Lipinski definition) is 3. The number of benzene rings is 1. The standard InChI is InChI=1S/C11H17NO2/c1-7-6-9(14-3)4-5-10(7)11(12)8(2)13/h4-6,8,11,13H,12H2,1-3H3/t8-,11-/m1/s1. The average Bonchev–Trinajstić information content (AvgIpc) is 2.16. The van der Waals surface area contributed by atoms with Gasteiger partial charge in [-0.3, -0.25) is 0 Å². The lowest BCUT2D eigenvalue weighted by Gasteiger charge is -2.17. The summed E-state index contributed by atoms with van der Waals surface area (Å²) in [4.78, 5) is 0. The Kier molecular flexibility index (Phi) is 3.49. The van der Waals surface area contributed by atoms with Gasteiger partial charge in [0.2, 0.25) is 0 Å². The van der Waals surface area contributed by atoms with Crippen molar-refractivity contribution in [1.29, 1.82) is 0 Å². The van der Waals surface area contributed by atoms with Crippen LogP contribution in [-0.4, -0.2) is 18.3 Å². The van der Waals surface area contributed by atoms with Gasteiger partial charge in [0.25, 0.3) is 0 Å². The minimum Gasteiger partial charge on any atom is -0.497 e. The summed E-state index contributed by atoms with van der Waals surface area (Å²) in [6, 6.07) is 5.33. The number of hydrogen-bond donors (Lipinski definition) is 2. The molecule has 0 bridgehead atoms. The summed E-state index contributed by atoms with van der Waals surface area (Å²) in [5.41, 5.74) is 7.84. The van der Waals surface area contributed by atoms with Crippen LogP contribution in [0.5, 0.6) is 5.75 Å². The lowest BCUT2D eigenvalue weighted by Crippen LogP contribution is -2.23. The van der Waals surface area contributed by atoms with Gasteiger partial charge in [0.05, 0.1) is 19.3 Å². The third kappa shape index (κ3) is 2.25. The van der Waals surface area contributed by atoms with Crippen molar-refractivity contribution in [3.8, 4) is 5.75 Å². The largest absolute Gasteiger partial charge is 0.497 e. The molecular formula is C11H17NO2. The fourth-order valence-electron chi connectivity index (χ4n) is 1.41. The SMILES string of the molecule is COc1ccc([C@H](N)[C@@H](C)O)c(C)c1. The van der Waals surface area contributed by atoms with E-state index in [1.165, 1.54) is 0 Å². The first-order valence-corrected chi connectivity index (χ1v) is 4.64. The predicted octanol–water partition coefficient (Wildman–Crippen LogP) is 1.38. The molecule has 0 aliphatic rings. The quantitative estimate of drug-likeness (QED) is 0.766. The van der Waals surface area contributed by atoms with E-state index in [0.717, 1.165) is 16.9 Å². The molecule has 1 aromatic rings. The topological polar surface area (TPSA) is 55.5 Å². The fraction of sp³-hybridized carbons (Fsp3) is 0.455. The Morgan fingerprint density at radius 2 is 2.07 bits per heavy atom. The minimum absolute atomic E-state index is 0.332. The third-order valence-corrected chi connectivity index (χ3v) is 2.36. The van der Waals surface area contributed by atoms with E-state index in [4.69, 9.17) is 10.5 Å². The molecule has 0 amide bonds. The highest BCUT2D eigenvalue weighted by Crippen LogP contribution is 2.22. The highest BCUT2D eigenvalue weighted by molar-refractivity contribution is 5.36. The molecule has 78 valence electrons. The molecule has 0 heterocycles. The summed E-state index contributed by atoms with van der Waals surface area (Å²) in [7, 11) is 1.63. The highest BCUT2D eigenvalue weighted by atomic mass is 16.5. The van der Waals surface area contributed by atoms with Crippen molar-refractivity contribution in [2.24, 2.45) is 5.73 Å². The van der Waals surface area contributed by atoms with Gasteiger partial charge in [0.15, 0.2) is 0 Å². The molecule has 0 aliphatic carbocycles. The van der Waals surface area contributed by atoms with Crippen molar-refractivity contribution in [3.63, 3.8) is 0 Å². The van der Waals surface area contributed by atoms with Gasteiger partial charge < -0.3 is 15.6 Å². The van der Waals surface area contributed by atoms with Crippen molar-refractivity contribution in [1.82, 2.24) is 0 Å². The maximum absolute atomic E-state index is 9.37. The molecule has 0 saturated carbocycles. The summed E-state index contributed by atoms with van der Waals surface area (Å²) >= 11 is 0. The molecule has 3 heteroatoms. The second-order valence-electron chi connectivity index (χ2n) is 3.49. The van der Waals surface area contributed by atoms with Crippen molar-refractivity contribution >= 4 is 0 Å². The van der Waals surface area contributed by atoms with Crippen LogP contribution in [0.3, 0.4) is 0 Å². The average molecular weight is 195 g/mol. The predicted molar refractivity (Wildman–Crippen MR) is 56.3 cm³/mol. The Labute approximate surface area is 84.5 Å². The van der Waals surface area contributed by atoms with Crippen LogP contribution < -0.4 is 10.5 Å². The number of aliphatic hydroxyl groups is 1. The van der Waals surface area contributed by atoms with Crippen molar-refractivity contribution in [2.45, 2.75) is 26.0 Å². The van der Waals surface area contributed by atoms with Crippen LogP contribution >= 0.6 is 0 Å². The molecule has 2 atom stereocenters. The zero-order chi connectivity index (χ0) is 10.7. The lowest BCUT2D eigenvalue weighted by atomic mass is 9.98. The molecule has 0 fully saturated rings. The van der Waals surface area contributed by atoms with E-state index >= 15 is 0 Å². The van der Waals surface area contributed by atoms with E-state index in [1.54, 1.807) is 14.0 Å². The number of methoxy groups -OCH3 is 1. The first-order chi connectivity index (χ1) is 6.56. The Bertz CT molecular complexity index is 310. The van der Waals surface area contributed by atoms with Crippen LogP contribution in [-0.2, 0) is 0 Å².